The summed E-state index contributed by atoms with van der Waals surface area (Å²) in [5, 5.41) is 3.85. The normalized spacial score (nSPS) is 11.3. The first kappa shape index (κ1) is 14.1. The van der Waals surface area contributed by atoms with Crippen molar-refractivity contribution in [1.82, 2.24) is 9.78 Å². The van der Waals surface area contributed by atoms with Crippen molar-refractivity contribution in [1.29, 1.82) is 0 Å². The van der Waals surface area contributed by atoms with Crippen molar-refractivity contribution in [3.05, 3.63) is 17.5 Å². The van der Waals surface area contributed by atoms with Crippen LogP contribution in [0.1, 0.15) is 52.0 Å². The van der Waals surface area contributed by atoms with Crippen LogP contribution in [0, 0.1) is 6.92 Å². The van der Waals surface area contributed by atoms with Crippen molar-refractivity contribution >= 4 is 0 Å². The van der Waals surface area contributed by atoms with Gasteiger partial charge in [-0.3, -0.25) is 4.68 Å². The molecule has 0 bridgehead atoms. The van der Waals surface area contributed by atoms with Gasteiger partial charge in [0, 0.05) is 18.7 Å². The highest BCUT2D eigenvalue weighted by Gasteiger charge is 2.28. The molecule has 0 aliphatic rings. The van der Waals surface area contributed by atoms with Crippen molar-refractivity contribution in [3.8, 4) is 0 Å². The minimum atomic E-state index is -2.84. The van der Waals surface area contributed by atoms with Crippen LogP contribution in [0.5, 0.6) is 0 Å². The molecule has 0 fully saturated rings. The number of hydrogen-bond acceptors (Lipinski definition) is 1. The Morgan fingerprint density at radius 1 is 1.33 bits per heavy atom. The van der Waals surface area contributed by atoms with Gasteiger partial charge in [-0.1, -0.05) is 13.8 Å². The Morgan fingerprint density at radius 2 is 1.80 bits per heavy atom. The number of rotatable bonds is 2. The van der Waals surface area contributed by atoms with Gasteiger partial charge in [-0.25, -0.2) is 0 Å². The van der Waals surface area contributed by atoms with Crippen molar-refractivity contribution in [2.75, 3.05) is 0 Å². The predicted octanol–water partition coefficient (Wildman–Crippen LogP) is 3.91. The van der Waals surface area contributed by atoms with Crippen LogP contribution < -0.4 is 0 Å². The maximum absolute atomic E-state index is 12.8. The Morgan fingerprint density at radius 3 is 2.00 bits per heavy atom. The van der Waals surface area contributed by atoms with Gasteiger partial charge in [-0.05, 0) is 26.8 Å². The lowest BCUT2D eigenvalue weighted by atomic mass is 10.2. The molecule has 1 aromatic heterocycles. The third kappa shape index (κ3) is 3.61. The topological polar surface area (TPSA) is 17.8 Å². The van der Waals surface area contributed by atoms with Crippen molar-refractivity contribution in [2.24, 2.45) is 0 Å². The smallest absolute Gasteiger partial charge is 0.267 e. The van der Waals surface area contributed by atoms with Gasteiger partial charge in [-0.2, -0.15) is 13.9 Å². The molecule has 1 heterocycles. The molecular weight excluding hydrogens is 198 g/mol. The lowest BCUT2D eigenvalue weighted by molar-refractivity contribution is 0.0120. The van der Waals surface area contributed by atoms with Crippen molar-refractivity contribution < 1.29 is 8.78 Å². The Labute approximate surface area is 90.3 Å². The van der Waals surface area contributed by atoms with E-state index in [0.717, 1.165) is 12.6 Å². The van der Waals surface area contributed by atoms with Crippen LogP contribution in [-0.4, -0.2) is 9.78 Å². The molecule has 0 aromatic carbocycles. The zero-order valence-corrected chi connectivity index (χ0v) is 10.3. The zero-order chi connectivity index (χ0) is 12.2. The molecule has 0 amide bonds. The van der Waals surface area contributed by atoms with E-state index in [1.165, 1.54) is 6.07 Å². The molecule has 4 heteroatoms. The Hall–Kier alpha value is -0.930. The minimum Gasteiger partial charge on any atom is -0.267 e. The van der Waals surface area contributed by atoms with E-state index in [1.807, 2.05) is 27.7 Å². The first-order valence-corrected chi connectivity index (χ1v) is 5.27. The minimum absolute atomic E-state index is 0.121. The van der Waals surface area contributed by atoms with Crippen LogP contribution in [0.2, 0.25) is 0 Å². The quantitative estimate of drug-likeness (QED) is 0.735. The summed E-state index contributed by atoms with van der Waals surface area (Å²) in [6.45, 7) is 10.5. The number of hydrogen-bond donors (Lipinski definition) is 0. The molecule has 0 spiro atoms. The maximum Gasteiger partial charge on any atom is 0.288 e. The molecule has 0 unspecified atom stereocenters. The van der Waals surface area contributed by atoms with Gasteiger partial charge in [0.15, 0.2) is 0 Å². The van der Waals surface area contributed by atoms with Crippen LogP contribution in [0.15, 0.2) is 6.07 Å². The van der Waals surface area contributed by atoms with Crippen molar-refractivity contribution in [3.63, 3.8) is 0 Å². The number of aromatic nitrogens is 2. The SMILES string of the molecule is CC.Cc1cc(C(C)(F)F)nn1C(C)C. The molecule has 1 rings (SSSR count). The highest BCUT2D eigenvalue weighted by Crippen LogP contribution is 2.26. The van der Waals surface area contributed by atoms with Crippen molar-refractivity contribution in [2.45, 2.75) is 53.5 Å². The van der Waals surface area contributed by atoms with E-state index >= 15 is 0 Å². The van der Waals surface area contributed by atoms with E-state index < -0.39 is 5.92 Å². The number of nitrogens with zero attached hydrogens (tertiary/aromatic N) is 2. The molecule has 88 valence electrons. The average molecular weight is 218 g/mol. The third-order valence-corrected chi connectivity index (χ3v) is 1.86. The summed E-state index contributed by atoms with van der Waals surface area (Å²) in [5.74, 6) is -2.84. The van der Waals surface area contributed by atoms with Crippen LogP contribution >= 0.6 is 0 Å². The monoisotopic (exact) mass is 218 g/mol. The lowest BCUT2D eigenvalue weighted by Gasteiger charge is -2.08. The van der Waals surface area contributed by atoms with E-state index in [2.05, 4.69) is 5.10 Å². The predicted molar refractivity (Wildman–Crippen MR) is 58.3 cm³/mol. The molecule has 0 aliphatic carbocycles. The summed E-state index contributed by atoms with van der Waals surface area (Å²) >= 11 is 0. The molecule has 0 saturated carbocycles. The maximum atomic E-state index is 12.8. The second-order valence-electron chi connectivity index (χ2n) is 3.60. The molecule has 15 heavy (non-hydrogen) atoms. The lowest BCUT2D eigenvalue weighted by Crippen LogP contribution is -2.10. The number of alkyl halides is 2. The summed E-state index contributed by atoms with van der Waals surface area (Å²) in [5.41, 5.74) is 0.616. The Bertz CT molecular complexity index is 298. The fourth-order valence-electron chi connectivity index (χ4n) is 1.23. The van der Waals surface area contributed by atoms with E-state index in [1.54, 1.807) is 11.6 Å². The van der Waals surface area contributed by atoms with Gasteiger partial charge < -0.3 is 0 Å². The van der Waals surface area contributed by atoms with Crippen LogP contribution in [0.3, 0.4) is 0 Å². The fraction of sp³-hybridized carbons (Fsp3) is 0.727. The molecule has 2 nitrogen and oxygen atoms in total. The molecule has 0 radical (unpaired) electrons. The molecule has 0 N–H and O–H groups in total. The molecule has 0 saturated heterocycles. The number of aryl methyl sites for hydroxylation is 1. The van der Waals surface area contributed by atoms with Gasteiger partial charge in [-0.15, -0.1) is 0 Å². The van der Waals surface area contributed by atoms with E-state index in [-0.39, 0.29) is 11.7 Å². The second kappa shape index (κ2) is 5.24. The molecule has 1 aromatic rings. The van der Waals surface area contributed by atoms with Crippen LogP contribution in [0.4, 0.5) is 8.78 Å². The Balaban J connectivity index is 0.000000921. The fourth-order valence-corrected chi connectivity index (χ4v) is 1.23. The summed E-state index contributed by atoms with van der Waals surface area (Å²) in [6, 6.07) is 1.55. The van der Waals surface area contributed by atoms with Gasteiger partial charge in [0.25, 0.3) is 5.92 Å². The average Bonchev–Trinajstić information content (AvgIpc) is 2.50. The summed E-state index contributed by atoms with van der Waals surface area (Å²) < 4.78 is 27.3. The summed E-state index contributed by atoms with van der Waals surface area (Å²) in [4.78, 5) is 0. The van der Waals surface area contributed by atoms with E-state index in [4.69, 9.17) is 0 Å². The van der Waals surface area contributed by atoms with Crippen LogP contribution in [-0.2, 0) is 5.92 Å². The van der Waals surface area contributed by atoms with E-state index in [0.29, 0.717) is 0 Å². The molecule has 0 atom stereocenters. The van der Waals surface area contributed by atoms with E-state index in [9.17, 15) is 8.78 Å². The molecule has 0 aliphatic heterocycles. The highest BCUT2D eigenvalue weighted by molar-refractivity contribution is 5.13. The van der Waals surface area contributed by atoms with Gasteiger partial charge in [0.05, 0.1) is 0 Å². The first-order chi connectivity index (χ1) is 6.82. The second-order valence-corrected chi connectivity index (χ2v) is 3.60. The third-order valence-electron chi connectivity index (χ3n) is 1.86. The summed E-state index contributed by atoms with van der Waals surface area (Å²) in [7, 11) is 0. The summed E-state index contributed by atoms with van der Waals surface area (Å²) in [6.07, 6.45) is 0. The van der Waals surface area contributed by atoms with Gasteiger partial charge >= 0.3 is 0 Å². The van der Waals surface area contributed by atoms with Gasteiger partial charge in [0.1, 0.15) is 5.69 Å². The Kier molecular flexibility index (Phi) is 4.91. The molecular formula is C11H20F2N2. The van der Waals surface area contributed by atoms with Crippen LogP contribution in [0.25, 0.3) is 0 Å². The largest absolute Gasteiger partial charge is 0.288 e. The van der Waals surface area contributed by atoms with Gasteiger partial charge in [0.2, 0.25) is 0 Å². The highest BCUT2D eigenvalue weighted by atomic mass is 19.3. The standard InChI is InChI=1S/C9H14F2N2.C2H6/c1-6(2)13-7(3)5-8(12-13)9(4,10)11;1-2/h5-6H,1-4H3;1-2H3. The number of halogens is 2. The zero-order valence-electron chi connectivity index (χ0n) is 10.3. The first-order valence-electron chi connectivity index (χ1n) is 5.27.